The molecule has 0 heterocycles. The van der Waals surface area contributed by atoms with Gasteiger partial charge < -0.3 is 48.0 Å². The third-order valence-corrected chi connectivity index (χ3v) is 1.57. The monoisotopic (exact) mass is 423 g/mol. The first-order valence-electron chi connectivity index (χ1n) is 3.69. The van der Waals surface area contributed by atoms with Gasteiger partial charge in [-0.1, -0.05) is 26.2 Å². The Balaban J connectivity index is -0.000000270. The largest absolute Gasteiger partial charge is 3.00 e. The van der Waals surface area contributed by atoms with E-state index in [2.05, 4.69) is 25.2 Å². The Morgan fingerprint density at radius 1 is 1.42 bits per heavy atom. The number of unbranched alkanes of at least 4 members (excludes halogenated alkanes) is 1. The summed E-state index contributed by atoms with van der Waals surface area (Å²) in [5, 5.41) is 0. The second-order valence-corrected chi connectivity index (χ2v) is 2.41. The first-order valence-corrected chi connectivity index (χ1v) is 3.69. The van der Waals surface area contributed by atoms with Gasteiger partial charge in [-0.15, -0.1) is 6.42 Å². The van der Waals surface area contributed by atoms with E-state index in [1.54, 1.807) is 0 Å². The molecule has 0 unspecified atom stereocenters. The maximum atomic E-state index is 3.30. The molecule has 67 valence electrons. The number of hydrogen-bond acceptors (Lipinski definition) is 0. The van der Waals surface area contributed by atoms with Gasteiger partial charge in [0.2, 0.25) is 0 Å². The van der Waals surface area contributed by atoms with Crippen LogP contribution in [0.5, 0.6) is 0 Å². The van der Waals surface area contributed by atoms with Crippen LogP contribution in [0.3, 0.4) is 0 Å². The van der Waals surface area contributed by atoms with E-state index in [1.165, 1.54) is 24.8 Å². The van der Waals surface area contributed by atoms with Crippen molar-refractivity contribution in [2.45, 2.75) is 32.6 Å². The van der Waals surface area contributed by atoms with E-state index < -0.39 is 0 Å². The van der Waals surface area contributed by atoms with Gasteiger partial charge >= 0.3 is 21.7 Å². The second kappa shape index (κ2) is 12.7. The fraction of sp³-hybridized carbons (Fsp3) is 0.556. The van der Waals surface area contributed by atoms with Gasteiger partial charge in [0.15, 0.2) is 0 Å². The zero-order valence-corrected chi connectivity index (χ0v) is 13.1. The molecule has 1 aliphatic rings. The summed E-state index contributed by atoms with van der Waals surface area (Å²) < 4.78 is 0. The molecule has 0 saturated heterocycles. The summed E-state index contributed by atoms with van der Waals surface area (Å²) in [6.07, 6.45) is 12.5. The quantitative estimate of drug-likeness (QED) is 0.256. The van der Waals surface area contributed by atoms with Crippen molar-refractivity contribution in [3.8, 4) is 0 Å². The van der Waals surface area contributed by atoms with Gasteiger partial charge in [0.05, 0.1) is 0 Å². The molecule has 0 atom stereocenters. The number of halogens is 2. The Kier molecular flexibility index (Phi) is 20.3. The molecule has 0 aromatic carbocycles. The molecular weight excluding hydrogens is 410 g/mol. The van der Waals surface area contributed by atoms with Crippen LogP contribution in [0.25, 0.3) is 0 Å². The molecule has 1 radical (unpaired) electrons. The molecule has 12 heavy (non-hydrogen) atoms. The van der Waals surface area contributed by atoms with Crippen molar-refractivity contribution < 1.29 is 69.7 Å². The Bertz CT molecular complexity index is 141. The molecule has 3 heteroatoms. The molecule has 0 aromatic rings. The first kappa shape index (κ1) is 19.3. The molecule has 0 aromatic heterocycles. The van der Waals surface area contributed by atoms with E-state index in [4.69, 9.17) is 0 Å². The number of allylic oxidation sites excluding steroid dienone is 4. The van der Waals surface area contributed by atoms with Crippen LogP contribution in [0.2, 0.25) is 0 Å². The van der Waals surface area contributed by atoms with Crippen LogP contribution in [0.4, 0.5) is 0 Å². The summed E-state index contributed by atoms with van der Waals surface area (Å²) in [4.78, 5) is 0. The van der Waals surface area contributed by atoms with Crippen LogP contribution in [-0.4, -0.2) is 0 Å². The van der Waals surface area contributed by atoms with Crippen molar-refractivity contribution in [2.24, 2.45) is 0 Å². The van der Waals surface area contributed by atoms with Crippen LogP contribution in [-0.2, 0) is 21.7 Å². The molecule has 1 rings (SSSR count). The second-order valence-electron chi connectivity index (χ2n) is 2.41. The van der Waals surface area contributed by atoms with Crippen LogP contribution in [0.15, 0.2) is 17.7 Å². The predicted molar refractivity (Wildman–Crippen MR) is 40.0 cm³/mol. The zero-order chi connectivity index (χ0) is 6.53. The van der Waals surface area contributed by atoms with Gasteiger partial charge in [-0.25, -0.2) is 11.6 Å². The molecule has 0 bridgehead atoms. The molecule has 0 aliphatic heterocycles. The van der Waals surface area contributed by atoms with Gasteiger partial charge in [-0.05, 0) is 0 Å². The summed E-state index contributed by atoms with van der Waals surface area (Å²) in [6.45, 7) is 2.22. The standard InChI is InChI=1S/C9H13.2HI.Ti/c1-2-3-6-9-7-4-5-8-9;;;/h4,7H,2-3,5-6H2,1H3;2*1H;/q-1;;;+3/p-2. The topological polar surface area (TPSA) is 0 Å². The van der Waals surface area contributed by atoms with Gasteiger partial charge in [0.25, 0.3) is 0 Å². The zero-order valence-electron chi connectivity index (χ0n) is 7.24. The fourth-order valence-corrected chi connectivity index (χ4v) is 0.989. The Hall–Kier alpha value is 1.65. The summed E-state index contributed by atoms with van der Waals surface area (Å²) in [5.41, 5.74) is 1.41. The summed E-state index contributed by atoms with van der Waals surface area (Å²) in [7, 11) is 0. The van der Waals surface area contributed by atoms with E-state index in [1.807, 2.05) is 0 Å². The van der Waals surface area contributed by atoms with E-state index in [9.17, 15) is 0 Å². The summed E-state index contributed by atoms with van der Waals surface area (Å²) >= 11 is 0. The number of rotatable bonds is 3. The summed E-state index contributed by atoms with van der Waals surface area (Å²) in [5.74, 6) is 0. The average Bonchev–Trinajstić information content (AvgIpc) is 2.34. The van der Waals surface area contributed by atoms with Crippen molar-refractivity contribution in [3.05, 3.63) is 23.8 Å². The average molecular weight is 423 g/mol. The smallest absolute Gasteiger partial charge is 1.00 e. The van der Waals surface area contributed by atoms with Crippen molar-refractivity contribution in [3.63, 3.8) is 0 Å². The number of hydrogen-bond donors (Lipinski definition) is 0. The normalized spacial score (nSPS) is 12.2. The van der Waals surface area contributed by atoms with Gasteiger partial charge in [-0.3, -0.25) is 6.08 Å². The van der Waals surface area contributed by atoms with E-state index in [-0.39, 0.29) is 69.7 Å². The molecule has 0 amide bonds. The molecule has 0 nitrogen and oxygen atoms in total. The minimum atomic E-state index is 0. The predicted octanol–water partition coefficient (Wildman–Crippen LogP) is -3.13. The Labute approximate surface area is 125 Å². The molecule has 0 N–H and O–H groups in total. The van der Waals surface area contributed by atoms with Crippen LogP contribution in [0, 0.1) is 6.08 Å². The van der Waals surface area contributed by atoms with Gasteiger partial charge in [-0.2, -0.15) is 6.08 Å². The molecule has 0 fully saturated rings. The minimum Gasteiger partial charge on any atom is -1.00 e. The van der Waals surface area contributed by atoms with Crippen molar-refractivity contribution in [2.75, 3.05) is 0 Å². The van der Waals surface area contributed by atoms with Crippen molar-refractivity contribution >= 4 is 0 Å². The Morgan fingerprint density at radius 3 is 2.50 bits per heavy atom. The summed E-state index contributed by atoms with van der Waals surface area (Å²) in [6, 6.07) is 0. The molecule has 0 spiro atoms. The van der Waals surface area contributed by atoms with E-state index in [0.29, 0.717) is 0 Å². The van der Waals surface area contributed by atoms with E-state index in [0.717, 1.165) is 6.42 Å². The minimum absolute atomic E-state index is 0. The Morgan fingerprint density at radius 2 is 2.08 bits per heavy atom. The third kappa shape index (κ3) is 8.26. The van der Waals surface area contributed by atoms with E-state index >= 15 is 0 Å². The first-order chi connectivity index (χ1) is 4.43. The molecule has 1 aliphatic carbocycles. The fourth-order valence-electron chi connectivity index (χ4n) is 0.989. The van der Waals surface area contributed by atoms with Crippen molar-refractivity contribution in [1.29, 1.82) is 0 Å². The van der Waals surface area contributed by atoms with Crippen LogP contribution in [0.1, 0.15) is 32.6 Å². The molecular formula is C9H13I2Ti. The molecule has 0 saturated carbocycles. The van der Waals surface area contributed by atoms with Crippen LogP contribution < -0.4 is 48.0 Å². The SMILES string of the molecule is CCCCC1=[C-]CC=C1.[I-].[I-].[Ti+3]. The van der Waals surface area contributed by atoms with Gasteiger partial charge in [0, 0.05) is 0 Å². The van der Waals surface area contributed by atoms with Crippen molar-refractivity contribution in [1.82, 2.24) is 0 Å². The van der Waals surface area contributed by atoms with Crippen LogP contribution >= 0.6 is 0 Å². The maximum Gasteiger partial charge on any atom is 3.00 e. The maximum absolute atomic E-state index is 3.30. The third-order valence-electron chi connectivity index (χ3n) is 1.57. The van der Waals surface area contributed by atoms with Gasteiger partial charge in [0.1, 0.15) is 0 Å².